The first-order valence-corrected chi connectivity index (χ1v) is 9.80. The van der Waals surface area contributed by atoms with Crippen LogP contribution in [-0.4, -0.2) is 28.3 Å². The fourth-order valence-corrected chi connectivity index (χ4v) is 5.30. The van der Waals surface area contributed by atoms with Gasteiger partial charge in [-0.3, -0.25) is 20.4 Å². The number of aromatic nitrogens is 1. The van der Waals surface area contributed by atoms with Gasteiger partial charge in [0.15, 0.2) is 0 Å². The van der Waals surface area contributed by atoms with E-state index in [4.69, 9.17) is 0 Å². The number of amides is 2. The molecular formula is C15H14BrN3O2S2. The Bertz CT molecular complexity index is 712. The molecule has 1 aromatic heterocycles. The predicted octanol–water partition coefficient (Wildman–Crippen LogP) is 3.33. The molecule has 8 heteroatoms. The highest BCUT2D eigenvalue weighted by Gasteiger charge is 2.18. The van der Waals surface area contributed by atoms with E-state index >= 15 is 0 Å². The van der Waals surface area contributed by atoms with Crippen molar-refractivity contribution in [3.8, 4) is 0 Å². The minimum absolute atomic E-state index is 0.345. The van der Waals surface area contributed by atoms with Crippen molar-refractivity contribution in [3.63, 3.8) is 0 Å². The van der Waals surface area contributed by atoms with Crippen molar-refractivity contribution in [2.24, 2.45) is 0 Å². The molecule has 1 saturated heterocycles. The van der Waals surface area contributed by atoms with E-state index in [0.29, 0.717) is 15.8 Å². The molecule has 120 valence electrons. The second-order valence-electron chi connectivity index (χ2n) is 4.84. The second kappa shape index (κ2) is 7.46. The molecule has 0 radical (unpaired) electrons. The Morgan fingerprint density at radius 3 is 2.35 bits per heavy atom. The Morgan fingerprint density at radius 2 is 1.74 bits per heavy atom. The zero-order valence-corrected chi connectivity index (χ0v) is 15.2. The Hall–Kier alpha value is -1.38. The highest BCUT2D eigenvalue weighted by atomic mass is 79.9. The SMILES string of the molecule is O=C(NNC(=O)c1cc(Br)c[nH]1)c1ccc(C2SCCS2)cc1. The molecule has 2 amide bonds. The summed E-state index contributed by atoms with van der Waals surface area (Å²) >= 11 is 7.09. The van der Waals surface area contributed by atoms with E-state index in [2.05, 4.69) is 31.8 Å². The van der Waals surface area contributed by atoms with Gasteiger partial charge in [0.1, 0.15) is 5.69 Å². The molecule has 1 aliphatic rings. The summed E-state index contributed by atoms with van der Waals surface area (Å²) in [6, 6.07) is 9.12. The van der Waals surface area contributed by atoms with E-state index in [-0.39, 0.29) is 5.91 Å². The molecule has 2 aromatic rings. The molecule has 2 heterocycles. The van der Waals surface area contributed by atoms with Gasteiger partial charge >= 0.3 is 0 Å². The molecule has 0 unspecified atom stereocenters. The molecule has 0 spiro atoms. The van der Waals surface area contributed by atoms with Gasteiger partial charge in [-0.2, -0.15) is 0 Å². The number of carbonyl (C=O) groups is 2. The van der Waals surface area contributed by atoms with E-state index in [0.717, 1.165) is 4.47 Å². The molecule has 1 aliphatic heterocycles. The fourth-order valence-electron chi connectivity index (χ4n) is 2.09. The van der Waals surface area contributed by atoms with Crippen LogP contribution < -0.4 is 10.9 Å². The third-order valence-electron chi connectivity index (χ3n) is 3.25. The maximum atomic E-state index is 12.1. The van der Waals surface area contributed by atoms with Crippen molar-refractivity contribution in [1.29, 1.82) is 0 Å². The summed E-state index contributed by atoms with van der Waals surface area (Å²) in [4.78, 5) is 26.7. The number of benzene rings is 1. The van der Waals surface area contributed by atoms with Crippen LogP contribution in [0.5, 0.6) is 0 Å². The van der Waals surface area contributed by atoms with Crippen molar-refractivity contribution in [2.45, 2.75) is 4.58 Å². The molecule has 3 rings (SSSR count). The van der Waals surface area contributed by atoms with E-state index in [1.807, 2.05) is 35.7 Å². The maximum Gasteiger partial charge on any atom is 0.286 e. The Balaban J connectivity index is 1.56. The summed E-state index contributed by atoms with van der Waals surface area (Å²) in [5.41, 5.74) is 6.88. The van der Waals surface area contributed by atoms with Crippen LogP contribution in [0, 0.1) is 0 Å². The third kappa shape index (κ3) is 4.13. The van der Waals surface area contributed by atoms with Crippen molar-refractivity contribution in [3.05, 3.63) is 57.8 Å². The summed E-state index contributed by atoms with van der Waals surface area (Å²) in [5.74, 6) is 1.58. The van der Waals surface area contributed by atoms with Gasteiger partial charge in [0.2, 0.25) is 0 Å². The van der Waals surface area contributed by atoms with Crippen LogP contribution in [0.25, 0.3) is 0 Å². The van der Waals surface area contributed by atoms with Crippen molar-refractivity contribution in [2.75, 3.05) is 11.5 Å². The fraction of sp³-hybridized carbons (Fsp3) is 0.200. The van der Waals surface area contributed by atoms with Crippen LogP contribution in [0.1, 0.15) is 31.0 Å². The predicted molar refractivity (Wildman–Crippen MR) is 97.5 cm³/mol. The number of aromatic amines is 1. The minimum Gasteiger partial charge on any atom is -0.356 e. The zero-order chi connectivity index (χ0) is 16.2. The number of nitrogens with one attached hydrogen (secondary N) is 3. The first-order chi connectivity index (χ1) is 11.1. The van der Waals surface area contributed by atoms with Crippen LogP contribution in [0.4, 0.5) is 0 Å². The van der Waals surface area contributed by atoms with Gasteiger partial charge in [-0.05, 0) is 39.7 Å². The summed E-state index contributed by atoms with van der Waals surface area (Å²) < 4.78 is 1.23. The van der Waals surface area contributed by atoms with Gasteiger partial charge in [-0.1, -0.05) is 12.1 Å². The van der Waals surface area contributed by atoms with Crippen molar-refractivity contribution < 1.29 is 9.59 Å². The van der Waals surface area contributed by atoms with Gasteiger partial charge in [0.05, 0.1) is 4.58 Å². The molecule has 0 bridgehead atoms. The molecule has 1 fully saturated rings. The number of hydrogen-bond donors (Lipinski definition) is 3. The van der Waals surface area contributed by atoms with Gasteiger partial charge < -0.3 is 4.98 Å². The number of thioether (sulfide) groups is 2. The summed E-state index contributed by atoms with van der Waals surface area (Å²) in [6.45, 7) is 0. The lowest BCUT2D eigenvalue weighted by molar-refractivity contribution is 0.0844. The molecule has 0 saturated carbocycles. The van der Waals surface area contributed by atoms with Crippen molar-refractivity contribution in [1.82, 2.24) is 15.8 Å². The van der Waals surface area contributed by atoms with Crippen LogP contribution in [-0.2, 0) is 0 Å². The maximum absolute atomic E-state index is 12.1. The first kappa shape index (κ1) is 16.5. The lowest BCUT2D eigenvalue weighted by Crippen LogP contribution is -2.41. The molecule has 5 nitrogen and oxygen atoms in total. The highest BCUT2D eigenvalue weighted by Crippen LogP contribution is 2.45. The average Bonchev–Trinajstić information content (AvgIpc) is 3.24. The van der Waals surface area contributed by atoms with E-state index < -0.39 is 5.91 Å². The molecule has 1 aromatic carbocycles. The van der Waals surface area contributed by atoms with Gasteiger partial charge in [0.25, 0.3) is 11.8 Å². The number of halogens is 1. The number of rotatable bonds is 3. The largest absolute Gasteiger partial charge is 0.356 e. The Kier molecular flexibility index (Phi) is 5.34. The summed E-state index contributed by atoms with van der Waals surface area (Å²) in [6.07, 6.45) is 1.65. The first-order valence-electron chi connectivity index (χ1n) is 6.91. The number of carbonyl (C=O) groups excluding carboxylic acids is 2. The number of hydrogen-bond acceptors (Lipinski definition) is 4. The Labute approximate surface area is 150 Å². The monoisotopic (exact) mass is 411 g/mol. The minimum atomic E-state index is -0.403. The topological polar surface area (TPSA) is 74.0 Å². The standard InChI is InChI=1S/C15H14BrN3O2S2/c16-11-7-12(17-8-11)14(21)19-18-13(20)9-1-3-10(4-2-9)15-22-5-6-23-15/h1-4,7-8,15,17H,5-6H2,(H,18,20)(H,19,21). The molecular weight excluding hydrogens is 398 g/mol. The lowest BCUT2D eigenvalue weighted by atomic mass is 10.1. The molecule has 23 heavy (non-hydrogen) atoms. The lowest BCUT2D eigenvalue weighted by Gasteiger charge is -2.10. The summed E-state index contributed by atoms with van der Waals surface area (Å²) in [5, 5.41) is 0. The second-order valence-corrected chi connectivity index (χ2v) is 8.48. The molecule has 3 N–H and O–H groups in total. The number of hydrazine groups is 1. The quantitative estimate of drug-likeness (QED) is 0.677. The average molecular weight is 412 g/mol. The third-order valence-corrected chi connectivity index (χ3v) is 6.81. The molecule has 0 atom stereocenters. The zero-order valence-electron chi connectivity index (χ0n) is 12.0. The van der Waals surface area contributed by atoms with E-state index in [9.17, 15) is 9.59 Å². The normalized spacial score (nSPS) is 14.7. The van der Waals surface area contributed by atoms with Crippen LogP contribution in [0.3, 0.4) is 0 Å². The Morgan fingerprint density at radius 1 is 1.09 bits per heavy atom. The van der Waals surface area contributed by atoms with Crippen molar-refractivity contribution >= 4 is 51.3 Å². The van der Waals surface area contributed by atoms with Crippen LogP contribution >= 0.6 is 39.5 Å². The highest BCUT2D eigenvalue weighted by molar-refractivity contribution is 9.10. The van der Waals surface area contributed by atoms with Crippen LogP contribution in [0.15, 0.2) is 41.0 Å². The molecule has 0 aliphatic carbocycles. The number of H-pyrrole nitrogens is 1. The van der Waals surface area contributed by atoms with Crippen LogP contribution in [0.2, 0.25) is 0 Å². The smallest absolute Gasteiger partial charge is 0.286 e. The van der Waals surface area contributed by atoms with Gasteiger partial charge in [0, 0.05) is 27.7 Å². The van der Waals surface area contributed by atoms with E-state index in [1.54, 1.807) is 24.4 Å². The summed E-state index contributed by atoms with van der Waals surface area (Å²) in [7, 11) is 0. The van der Waals surface area contributed by atoms with Gasteiger partial charge in [-0.15, -0.1) is 23.5 Å². The van der Waals surface area contributed by atoms with E-state index in [1.165, 1.54) is 17.1 Å². The van der Waals surface area contributed by atoms with Gasteiger partial charge in [-0.25, -0.2) is 0 Å².